The number of hydrogen-bond donors (Lipinski definition) is 2. The molecule has 9 heteroatoms. The van der Waals surface area contributed by atoms with Crippen molar-refractivity contribution in [1.29, 1.82) is 0 Å². The standard InChI is InChI=1S/C11H17N7O2/c1-4-12-9-15-10(17-11(16-9)19-5-2)13-6-8-14-7(3)18-20-8/h4-6H2,1-3H3,(H2,12,13,15,16,17). The van der Waals surface area contributed by atoms with Gasteiger partial charge in [-0.25, -0.2) is 0 Å². The predicted molar refractivity (Wildman–Crippen MR) is 71.5 cm³/mol. The highest BCUT2D eigenvalue weighted by atomic mass is 16.5. The van der Waals surface area contributed by atoms with Gasteiger partial charge in [-0.1, -0.05) is 5.16 Å². The summed E-state index contributed by atoms with van der Waals surface area (Å²) < 4.78 is 10.3. The van der Waals surface area contributed by atoms with E-state index in [0.717, 1.165) is 0 Å². The molecule has 2 heterocycles. The molecule has 0 spiro atoms. The van der Waals surface area contributed by atoms with Gasteiger partial charge in [-0.3, -0.25) is 0 Å². The van der Waals surface area contributed by atoms with E-state index in [2.05, 4.69) is 35.7 Å². The molecule has 2 aromatic rings. The Kier molecular flexibility index (Phi) is 4.64. The van der Waals surface area contributed by atoms with Crippen LogP contribution in [0.1, 0.15) is 25.6 Å². The fourth-order valence-electron chi connectivity index (χ4n) is 1.43. The van der Waals surface area contributed by atoms with E-state index in [9.17, 15) is 0 Å². The fourth-order valence-corrected chi connectivity index (χ4v) is 1.43. The maximum absolute atomic E-state index is 5.30. The lowest BCUT2D eigenvalue weighted by Crippen LogP contribution is -2.11. The van der Waals surface area contributed by atoms with Crippen LogP contribution in [0, 0.1) is 6.92 Å². The third-order valence-corrected chi connectivity index (χ3v) is 2.19. The molecule has 0 radical (unpaired) electrons. The maximum atomic E-state index is 5.30. The van der Waals surface area contributed by atoms with Gasteiger partial charge < -0.3 is 19.9 Å². The third-order valence-electron chi connectivity index (χ3n) is 2.19. The van der Waals surface area contributed by atoms with Crippen molar-refractivity contribution in [2.45, 2.75) is 27.3 Å². The van der Waals surface area contributed by atoms with E-state index in [-0.39, 0.29) is 6.01 Å². The molecule has 2 rings (SSSR count). The van der Waals surface area contributed by atoms with Crippen LogP contribution in [0.4, 0.5) is 11.9 Å². The van der Waals surface area contributed by atoms with Gasteiger partial charge in [-0.05, 0) is 20.8 Å². The summed E-state index contributed by atoms with van der Waals surface area (Å²) in [4.78, 5) is 16.6. The number of ether oxygens (including phenoxy) is 1. The molecule has 9 nitrogen and oxygen atoms in total. The first-order chi connectivity index (χ1) is 9.71. The Morgan fingerprint density at radius 2 is 1.80 bits per heavy atom. The lowest BCUT2D eigenvalue weighted by molar-refractivity contribution is 0.312. The molecule has 0 amide bonds. The summed E-state index contributed by atoms with van der Waals surface area (Å²) in [5.41, 5.74) is 0. The summed E-state index contributed by atoms with van der Waals surface area (Å²) in [6, 6.07) is 0.266. The molecule has 2 N–H and O–H groups in total. The summed E-state index contributed by atoms with van der Waals surface area (Å²) in [6.45, 7) is 7.10. The monoisotopic (exact) mass is 279 g/mol. The average molecular weight is 279 g/mol. The lowest BCUT2D eigenvalue weighted by atomic mass is 10.6. The maximum Gasteiger partial charge on any atom is 0.323 e. The molecule has 108 valence electrons. The second-order valence-electron chi connectivity index (χ2n) is 3.82. The first-order valence-corrected chi connectivity index (χ1v) is 6.37. The van der Waals surface area contributed by atoms with Crippen molar-refractivity contribution in [3.63, 3.8) is 0 Å². The zero-order valence-corrected chi connectivity index (χ0v) is 11.7. The highest BCUT2D eigenvalue weighted by molar-refractivity contribution is 5.35. The molecule has 0 fully saturated rings. The predicted octanol–water partition coefficient (Wildman–Crippen LogP) is 1.01. The van der Waals surface area contributed by atoms with E-state index in [1.807, 2.05) is 13.8 Å². The Morgan fingerprint density at radius 1 is 1.05 bits per heavy atom. The topological polar surface area (TPSA) is 111 Å². The van der Waals surface area contributed by atoms with Crippen molar-refractivity contribution in [3.8, 4) is 6.01 Å². The Bertz CT molecular complexity index is 533. The molecular weight excluding hydrogens is 262 g/mol. The summed E-state index contributed by atoms with van der Waals surface area (Å²) in [7, 11) is 0. The van der Waals surface area contributed by atoms with E-state index < -0.39 is 0 Å². The van der Waals surface area contributed by atoms with E-state index >= 15 is 0 Å². The van der Waals surface area contributed by atoms with Crippen molar-refractivity contribution in [3.05, 3.63) is 11.7 Å². The molecule has 0 aliphatic rings. The quantitative estimate of drug-likeness (QED) is 0.766. The van der Waals surface area contributed by atoms with Crippen LogP contribution < -0.4 is 15.4 Å². The lowest BCUT2D eigenvalue weighted by Gasteiger charge is -2.08. The van der Waals surface area contributed by atoms with Crippen molar-refractivity contribution in [2.75, 3.05) is 23.8 Å². The molecule has 0 atom stereocenters. The van der Waals surface area contributed by atoms with Gasteiger partial charge in [0.15, 0.2) is 5.82 Å². The van der Waals surface area contributed by atoms with Crippen LogP contribution in [0.25, 0.3) is 0 Å². The number of aromatic nitrogens is 5. The molecule has 0 saturated heterocycles. The first kappa shape index (κ1) is 14.0. The van der Waals surface area contributed by atoms with Gasteiger partial charge in [0.1, 0.15) is 0 Å². The summed E-state index contributed by atoms with van der Waals surface area (Å²) in [5.74, 6) is 1.89. The van der Waals surface area contributed by atoms with Crippen molar-refractivity contribution >= 4 is 11.9 Å². The van der Waals surface area contributed by atoms with Gasteiger partial charge in [0, 0.05) is 6.54 Å². The van der Waals surface area contributed by atoms with Crippen LogP contribution in [0.15, 0.2) is 4.52 Å². The third kappa shape index (κ3) is 3.77. The smallest absolute Gasteiger partial charge is 0.323 e. The zero-order valence-electron chi connectivity index (χ0n) is 11.7. The van der Waals surface area contributed by atoms with Crippen molar-refractivity contribution in [2.24, 2.45) is 0 Å². The number of nitrogens with zero attached hydrogens (tertiary/aromatic N) is 5. The van der Waals surface area contributed by atoms with Crippen LogP contribution in [0.2, 0.25) is 0 Å². The van der Waals surface area contributed by atoms with Crippen LogP contribution in [0.5, 0.6) is 6.01 Å². The Morgan fingerprint density at radius 3 is 2.40 bits per heavy atom. The number of nitrogens with one attached hydrogen (secondary N) is 2. The van der Waals surface area contributed by atoms with Gasteiger partial charge in [0.2, 0.25) is 17.8 Å². The summed E-state index contributed by atoms with van der Waals surface area (Å²) in [6.07, 6.45) is 0. The zero-order chi connectivity index (χ0) is 14.4. The second-order valence-corrected chi connectivity index (χ2v) is 3.82. The molecule has 0 bridgehead atoms. The highest BCUT2D eigenvalue weighted by Crippen LogP contribution is 2.11. The first-order valence-electron chi connectivity index (χ1n) is 6.37. The van der Waals surface area contributed by atoms with Gasteiger partial charge >= 0.3 is 6.01 Å². The Labute approximate surface area is 116 Å². The van der Waals surface area contributed by atoms with Gasteiger partial charge in [-0.2, -0.15) is 19.9 Å². The molecule has 0 aliphatic carbocycles. The van der Waals surface area contributed by atoms with E-state index in [0.29, 0.717) is 43.3 Å². The van der Waals surface area contributed by atoms with Gasteiger partial charge in [0.25, 0.3) is 0 Å². The fraction of sp³-hybridized carbons (Fsp3) is 0.545. The van der Waals surface area contributed by atoms with Crippen molar-refractivity contribution < 1.29 is 9.26 Å². The van der Waals surface area contributed by atoms with E-state index in [1.54, 1.807) is 6.92 Å². The summed E-state index contributed by atoms with van der Waals surface area (Å²) in [5, 5.41) is 9.72. The number of hydrogen-bond acceptors (Lipinski definition) is 9. The highest BCUT2D eigenvalue weighted by Gasteiger charge is 2.08. The van der Waals surface area contributed by atoms with Crippen LogP contribution in [0.3, 0.4) is 0 Å². The minimum Gasteiger partial charge on any atom is -0.464 e. The summed E-state index contributed by atoms with van der Waals surface area (Å²) >= 11 is 0. The minimum absolute atomic E-state index is 0.266. The number of aryl methyl sites for hydroxylation is 1. The van der Waals surface area contributed by atoms with Crippen LogP contribution >= 0.6 is 0 Å². The molecule has 0 aromatic carbocycles. The molecule has 0 aliphatic heterocycles. The molecular formula is C11H17N7O2. The van der Waals surface area contributed by atoms with E-state index in [4.69, 9.17) is 9.26 Å². The van der Waals surface area contributed by atoms with Gasteiger partial charge in [-0.15, -0.1) is 0 Å². The normalized spacial score (nSPS) is 10.3. The van der Waals surface area contributed by atoms with Crippen LogP contribution in [-0.4, -0.2) is 38.2 Å². The van der Waals surface area contributed by atoms with Crippen molar-refractivity contribution in [1.82, 2.24) is 25.1 Å². The van der Waals surface area contributed by atoms with E-state index in [1.165, 1.54) is 0 Å². The average Bonchev–Trinajstić information content (AvgIpc) is 2.83. The number of rotatable bonds is 7. The Balaban J connectivity index is 2.08. The SMILES string of the molecule is CCNc1nc(NCc2nc(C)no2)nc(OCC)n1. The molecule has 0 unspecified atom stereocenters. The number of anilines is 2. The largest absolute Gasteiger partial charge is 0.464 e. The second kappa shape index (κ2) is 6.64. The van der Waals surface area contributed by atoms with Crippen LogP contribution in [-0.2, 0) is 6.54 Å². The Hall–Kier alpha value is -2.45. The molecule has 0 saturated carbocycles. The minimum atomic E-state index is 0.266. The van der Waals surface area contributed by atoms with Gasteiger partial charge in [0.05, 0.1) is 13.2 Å². The molecule has 20 heavy (non-hydrogen) atoms. The molecule has 2 aromatic heterocycles.